The third-order valence-corrected chi connectivity index (χ3v) is 9.60. The number of amides is 1. The minimum atomic E-state index is -3.62. The van der Waals surface area contributed by atoms with Gasteiger partial charge in [0, 0.05) is 45.2 Å². The Balaban J connectivity index is 1.39. The number of carbonyl (C=O) groups is 1. The molecule has 0 bridgehead atoms. The van der Waals surface area contributed by atoms with Crippen molar-refractivity contribution in [3.8, 4) is 0 Å². The van der Waals surface area contributed by atoms with Gasteiger partial charge in [0.15, 0.2) is 0 Å². The van der Waals surface area contributed by atoms with Gasteiger partial charge in [0.1, 0.15) is 0 Å². The number of piperidine rings is 1. The number of sulfonamides is 2. The summed E-state index contributed by atoms with van der Waals surface area (Å²) in [6, 6.07) is 12.8. The van der Waals surface area contributed by atoms with Crippen LogP contribution in [0.3, 0.4) is 0 Å². The maximum absolute atomic E-state index is 13.2. The van der Waals surface area contributed by atoms with Crippen LogP contribution in [0.25, 0.3) is 10.8 Å². The lowest BCUT2D eigenvalue weighted by Crippen LogP contribution is -2.45. The standard InChI is InChI=1S/C22H29N3O5S2/c1-31(27,28)24-12-4-11-23(15-16-24)22(26)19-9-13-25(14-10-19)32(29,30)21-8-7-18-5-2-3-6-20(18)17-21/h2-3,5-8,17,19H,4,9-16H2,1H3. The van der Waals surface area contributed by atoms with Gasteiger partial charge in [-0.25, -0.2) is 21.1 Å². The molecule has 2 heterocycles. The molecule has 2 aromatic rings. The molecule has 0 radical (unpaired) electrons. The van der Waals surface area contributed by atoms with Crippen LogP contribution < -0.4 is 0 Å². The predicted molar refractivity (Wildman–Crippen MR) is 123 cm³/mol. The van der Waals surface area contributed by atoms with Crippen molar-refractivity contribution in [3.05, 3.63) is 42.5 Å². The fourth-order valence-corrected chi connectivity index (χ4v) is 6.90. The predicted octanol–water partition coefficient (Wildman–Crippen LogP) is 1.73. The first-order valence-corrected chi connectivity index (χ1v) is 14.2. The van der Waals surface area contributed by atoms with Crippen LogP contribution in [0.4, 0.5) is 0 Å². The average Bonchev–Trinajstić information content (AvgIpc) is 3.05. The Kier molecular flexibility index (Phi) is 6.58. The van der Waals surface area contributed by atoms with Gasteiger partial charge in [0.25, 0.3) is 0 Å². The molecule has 174 valence electrons. The summed E-state index contributed by atoms with van der Waals surface area (Å²) in [6.45, 7) is 2.23. The molecule has 0 saturated carbocycles. The molecular weight excluding hydrogens is 450 g/mol. The van der Waals surface area contributed by atoms with E-state index in [0.717, 1.165) is 10.8 Å². The zero-order chi connectivity index (χ0) is 22.9. The highest BCUT2D eigenvalue weighted by Crippen LogP contribution is 2.27. The van der Waals surface area contributed by atoms with Crippen LogP contribution in [0, 0.1) is 5.92 Å². The third kappa shape index (κ3) is 4.83. The second-order valence-electron chi connectivity index (χ2n) is 8.53. The number of hydrogen-bond donors (Lipinski definition) is 0. The minimum Gasteiger partial charge on any atom is -0.341 e. The molecule has 2 saturated heterocycles. The molecule has 10 heteroatoms. The quantitative estimate of drug-likeness (QED) is 0.666. The first-order chi connectivity index (χ1) is 15.2. The Labute approximate surface area is 189 Å². The van der Waals surface area contributed by atoms with Crippen LogP contribution in [0.1, 0.15) is 19.3 Å². The van der Waals surface area contributed by atoms with E-state index in [9.17, 15) is 21.6 Å². The Morgan fingerprint density at radius 2 is 1.50 bits per heavy atom. The molecule has 2 aromatic carbocycles. The number of nitrogens with zero attached hydrogens (tertiary/aromatic N) is 3. The van der Waals surface area contributed by atoms with Crippen molar-refractivity contribution in [2.45, 2.75) is 24.2 Å². The summed E-state index contributed by atoms with van der Waals surface area (Å²) < 4.78 is 52.8. The monoisotopic (exact) mass is 479 g/mol. The van der Waals surface area contributed by atoms with Crippen LogP contribution >= 0.6 is 0 Å². The Morgan fingerprint density at radius 1 is 0.812 bits per heavy atom. The van der Waals surface area contributed by atoms with Crippen molar-refractivity contribution in [1.29, 1.82) is 0 Å². The maximum Gasteiger partial charge on any atom is 0.243 e. The lowest BCUT2D eigenvalue weighted by molar-refractivity contribution is -0.136. The van der Waals surface area contributed by atoms with Crippen molar-refractivity contribution in [2.75, 3.05) is 45.5 Å². The molecule has 2 fully saturated rings. The first-order valence-electron chi connectivity index (χ1n) is 10.9. The van der Waals surface area contributed by atoms with Crippen molar-refractivity contribution in [1.82, 2.24) is 13.5 Å². The molecule has 32 heavy (non-hydrogen) atoms. The molecule has 4 rings (SSSR count). The van der Waals surface area contributed by atoms with Gasteiger partial charge in [-0.3, -0.25) is 4.79 Å². The van der Waals surface area contributed by atoms with Gasteiger partial charge < -0.3 is 4.90 Å². The zero-order valence-corrected chi connectivity index (χ0v) is 19.8. The lowest BCUT2D eigenvalue weighted by atomic mass is 9.96. The molecule has 8 nitrogen and oxygen atoms in total. The number of benzene rings is 2. The molecular formula is C22H29N3O5S2. The molecule has 1 amide bonds. The van der Waals surface area contributed by atoms with E-state index in [1.54, 1.807) is 17.0 Å². The summed E-state index contributed by atoms with van der Waals surface area (Å²) in [5, 5.41) is 1.87. The summed E-state index contributed by atoms with van der Waals surface area (Å²) in [4.78, 5) is 15.0. The second-order valence-corrected chi connectivity index (χ2v) is 12.4. The van der Waals surface area contributed by atoms with Crippen molar-refractivity contribution in [2.24, 2.45) is 5.92 Å². The summed E-state index contributed by atoms with van der Waals surface area (Å²) in [7, 11) is -6.89. The Hall–Kier alpha value is -2.01. The molecule has 0 atom stereocenters. The molecule has 0 aliphatic carbocycles. The van der Waals surface area contributed by atoms with Gasteiger partial charge in [-0.05, 0) is 42.2 Å². The molecule has 0 N–H and O–H groups in total. The summed E-state index contributed by atoms with van der Waals surface area (Å²) in [5.74, 6) is -0.231. The van der Waals surface area contributed by atoms with Gasteiger partial charge in [-0.15, -0.1) is 0 Å². The largest absolute Gasteiger partial charge is 0.341 e. The van der Waals surface area contributed by atoms with E-state index in [-0.39, 0.29) is 16.7 Å². The maximum atomic E-state index is 13.2. The molecule has 2 aliphatic heterocycles. The number of carbonyl (C=O) groups excluding carboxylic acids is 1. The topological polar surface area (TPSA) is 95.1 Å². The van der Waals surface area contributed by atoms with Gasteiger partial charge in [0.05, 0.1) is 11.2 Å². The summed E-state index contributed by atoms with van der Waals surface area (Å²) >= 11 is 0. The van der Waals surface area contributed by atoms with E-state index in [1.165, 1.54) is 14.9 Å². The zero-order valence-electron chi connectivity index (χ0n) is 18.2. The molecule has 0 spiro atoms. The second kappa shape index (κ2) is 9.09. The fourth-order valence-electron chi connectivity index (χ4n) is 4.52. The molecule has 0 aromatic heterocycles. The SMILES string of the molecule is CS(=O)(=O)N1CCCN(C(=O)C2CCN(S(=O)(=O)c3ccc4ccccc4c3)CC2)CC1. The Morgan fingerprint density at radius 3 is 2.19 bits per heavy atom. The van der Waals surface area contributed by atoms with E-state index in [2.05, 4.69) is 0 Å². The van der Waals surface area contributed by atoms with E-state index in [4.69, 9.17) is 0 Å². The van der Waals surface area contributed by atoms with E-state index in [0.29, 0.717) is 58.5 Å². The van der Waals surface area contributed by atoms with Crippen LogP contribution in [0.15, 0.2) is 47.4 Å². The normalized spacial score (nSPS) is 20.3. The summed E-state index contributed by atoms with van der Waals surface area (Å²) in [6.07, 6.45) is 2.74. The van der Waals surface area contributed by atoms with Crippen LogP contribution in [0.5, 0.6) is 0 Å². The Bertz CT molecular complexity index is 1210. The van der Waals surface area contributed by atoms with Gasteiger partial charge in [-0.1, -0.05) is 30.3 Å². The van der Waals surface area contributed by atoms with E-state index < -0.39 is 20.0 Å². The third-order valence-electron chi connectivity index (χ3n) is 6.40. The number of hydrogen-bond acceptors (Lipinski definition) is 5. The average molecular weight is 480 g/mol. The van der Waals surface area contributed by atoms with Crippen molar-refractivity contribution < 1.29 is 21.6 Å². The van der Waals surface area contributed by atoms with E-state index >= 15 is 0 Å². The minimum absolute atomic E-state index is 0.00287. The van der Waals surface area contributed by atoms with E-state index in [1.807, 2.05) is 30.3 Å². The van der Waals surface area contributed by atoms with Gasteiger partial charge in [-0.2, -0.15) is 4.31 Å². The number of fused-ring (bicyclic) bond motifs is 1. The molecule has 0 unspecified atom stereocenters. The van der Waals surface area contributed by atoms with Crippen molar-refractivity contribution in [3.63, 3.8) is 0 Å². The first kappa shape index (κ1) is 23.2. The highest BCUT2D eigenvalue weighted by atomic mass is 32.2. The number of rotatable bonds is 4. The fraction of sp³-hybridized carbons (Fsp3) is 0.500. The van der Waals surface area contributed by atoms with Crippen molar-refractivity contribution >= 4 is 36.7 Å². The van der Waals surface area contributed by atoms with Gasteiger partial charge in [0.2, 0.25) is 26.0 Å². The lowest BCUT2D eigenvalue weighted by Gasteiger charge is -2.33. The molecule has 2 aliphatic rings. The van der Waals surface area contributed by atoms with Crippen LogP contribution in [0.2, 0.25) is 0 Å². The summed E-state index contributed by atoms with van der Waals surface area (Å²) in [5.41, 5.74) is 0. The highest BCUT2D eigenvalue weighted by Gasteiger charge is 2.34. The smallest absolute Gasteiger partial charge is 0.243 e. The highest BCUT2D eigenvalue weighted by molar-refractivity contribution is 7.89. The van der Waals surface area contributed by atoms with Crippen LogP contribution in [-0.2, 0) is 24.8 Å². The van der Waals surface area contributed by atoms with Gasteiger partial charge >= 0.3 is 0 Å². The van der Waals surface area contributed by atoms with Crippen LogP contribution in [-0.4, -0.2) is 81.8 Å².